The molecule has 0 radical (unpaired) electrons. The van der Waals surface area contributed by atoms with E-state index in [-0.39, 0.29) is 23.3 Å². The fourth-order valence-corrected chi connectivity index (χ4v) is 2.15. The van der Waals surface area contributed by atoms with Gasteiger partial charge in [0.1, 0.15) is 5.82 Å². The van der Waals surface area contributed by atoms with Crippen LogP contribution < -0.4 is 5.32 Å². The van der Waals surface area contributed by atoms with Crippen molar-refractivity contribution in [1.82, 2.24) is 0 Å². The van der Waals surface area contributed by atoms with Crippen LogP contribution in [0.3, 0.4) is 0 Å². The molecule has 24 heavy (non-hydrogen) atoms. The van der Waals surface area contributed by atoms with E-state index >= 15 is 0 Å². The van der Waals surface area contributed by atoms with E-state index in [1.165, 1.54) is 25.1 Å². The highest BCUT2D eigenvalue weighted by Gasteiger charge is 2.24. The Morgan fingerprint density at radius 1 is 1.12 bits per heavy atom. The molecule has 1 N–H and O–H groups in total. The molecule has 0 spiro atoms. The molecule has 1 heterocycles. The number of nitrogens with zero attached hydrogens (tertiary/aromatic N) is 1. The van der Waals surface area contributed by atoms with Crippen LogP contribution in [-0.2, 0) is 14.3 Å². The molecule has 0 saturated carbocycles. The van der Waals surface area contributed by atoms with Crippen molar-refractivity contribution in [2.24, 2.45) is 4.99 Å². The topological polar surface area (TPSA) is 67.8 Å². The molecule has 6 heteroatoms. The lowest BCUT2D eigenvalue weighted by molar-refractivity contribution is -0.129. The zero-order valence-electron chi connectivity index (χ0n) is 12.7. The Labute approximate surface area is 137 Å². The van der Waals surface area contributed by atoms with Gasteiger partial charge >= 0.3 is 5.97 Å². The van der Waals surface area contributed by atoms with Crippen molar-refractivity contribution >= 4 is 29.5 Å². The lowest BCUT2D eigenvalue weighted by atomic mass is 10.2. The number of aliphatic imine (C=N–C) groups is 1. The second-order valence-corrected chi connectivity index (χ2v) is 5.15. The van der Waals surface area contributed by atoms with Gasteiger partial charge in [-0.1, -0.05) is 12.1 Å². The summed E-state index contributed by atoms with van der Waals surface area (Å²) in [5, 5.41) is 2.65. The third-order valence-corrected chi connectivity index (χ3v) is 3.25. The fourth-order valence-electron chi connectivity index (χ4n) is 2.15. The molecule has 0 bridgehead atoms. The van der Waals surface area contributed by atoms with Gasteiger partial charge in [0.15, 0.2) is 5.70 Å². The predicted octanol–water partition coefficient (Wildman–Crippen LogP) is 3.13. The Morgan fingerprint density at radius 3 is 2.42 bits per heavy atom. The monoisotopic (exact) mass is 324 g/mol. The van der Waals surface area contributed by atoms with Crippen LogP contribution in [-0.4, -0.2) is 17.8 Å². The van der Waals surface area contributed by atoms with Gasteiger partial charge in [-0.05, 0) is 48.0 Å². The highest BCUT2D eigenvalue weighted by molar-refractivity contribution is 6.13. The maximum atomic E-state index is 12.9. The average Bonchev–Trinajstić information content (AvgIpc) is 2.91. The molecule has 1 amide bonds. The van der Waals surface area contributed by atoms with Crippen LogP contribution >= 0.6 is 0 Å². The third kappa shape index (κ3) is 3.55. The summed E-state index contributed by atoms with van der Waals surface area (Å²) in [5.74, 6) is -0.908. The standard InChI is InChI=1S/C18H13FN2O3/c1-11(22)20-15-8-4-13(5-9-15)17-21-16(18(23)24-17)10-12-2-6-14(19)7-3-12/h2-10H,1H3,(H,20,22)/b16-10-. The molecule has 0 unspecified atom stereocenters. The van der Waals surface area contributed by atoms with Crippen LogP contribution in [0, 0.1) is 5.82 Å². The molecule has 2 aromatic carbocycles. The van der Waals surface area contributed by atoms with Gasteiger partial charge in [-0.3, -0.25) is 4.79 Å². The lowest BCUT2D eigenvalue weighted by Gasteiger charge is -2.03. The van der Waals surface area contributed by atoms with Gasteiger partial charge in [-0.2, -0.15) is 0 Å². The number of hydrogen-bond acceptors (Lipinski definition) is 4. The molecule has 0 aromatic heterocycles. The van der Waals surface area contributed by atoms with E-state index in [9.17, 15) is 14.0 Å². The van der Waals surface area contributed by atoms with Crippen LogP contribution in [0.5, 0.6) is 0 Å². The maximum Gasteiger partial charge on any atom is 0.363 e. The molecule has 2 aromatic rings. The van der Waals surface area contributed by atoms with Crippen LogP contribution in [0.15, 0.2) is 59.2 Å². The minimum absolute atomic E-state index is 0.141. The second kappa shape index (κ2) is 6.45. The summed E-state index contributed by atoms with van der Waals surface area (Å²) in [7, 11) is 0. The Balaban J connectivity index is 1.83. The summed E-state index contributed by atoms with van der Waals surface area (Å²) in [6.07, 6.45) is 1.53. The normalized spacial score (nSPS) is 15.2. The molecule has 1 aliphatic heterocycles. The van der Waals surface area contributed by atoms with E-state index in [2.05, 4.69) is 10.3 Å². The summed E-state index contributed by atoms with van der Waals surface area (Å²) in [4.78, 5) is 27.1. The number of anilines is 1. The van der Waals surface area contributed by atoms with Crippen LogP contribution in [0.2, 0.25) is 0 Å². The van der Waals surface area contributed by atoms with Crippen molar-refractivity contribution in [3.05, 3.63) is 71.2 Å². The molecule has 3 rings (SSSR count). The first-order valence-electron chi connectivity index (χ1n) is 7.17. The van der Waals surface area contributed by atoms with Gasteiger partial charge in [0.05, 0.1) is 0 Å². The van der Waals surface area contributed by atoms with Crippen molar-refractivity contribution in [2.45, 2.75) is 6.92 Å². The average molecular weight is 324 g/mol. The highest BCUT2D eigenvalue weighted by atomic mass is 19.1. The van der Waals surface area contributed by atoms with E-state index in [0.29, 0.717) is 16.8 Å². The Morgan fingerprint density at radius 2 is 1.79 bits per heavy atom. The number of esters is 1. The zero-order valence-corrected chi connectivity index (χ0v) is 12.7. The summed E-state index contributed by atoms with van der Waals surface area (Å²) >= 11 is 0. The second-order valence-electron chi connectivity index (χ2n) is 5.15. The number of hydrogen-bond donors (Lipinski definition) is 1. The number of amides is 1. The van der Waals surface area contributed by atoms with Crippen LogP contribution in [0.1, 0.15) is 18.1 Å². The molecular formula is C18H13FN2O3. The van der Waals surface area contributed by atoms with Crippen molar-refractivity contribution < 1.29 is 18.7 Å². The quantitative estimate of drug-likeness (QED) is 0.697. The molecule has 0 fully saturated rings. The molecular weight excluding hydrogens is 311 g/mol. The molecule has 0 aliphatic carbocycles. The van der Waals surface area contributed by atoms with Gasteiger partial charge in [0.2, 0.25) is 11.8 Å². The zero-order chi connectivity index (χ0) is 17.1. The van der Waals surface area contributed by atoms with Gasteiger partial charge < -0.3 is 10.1 Å². The minimum Gasteiger partial charge on any atom is -0.402 e. The first kappa shape index (κ1) is 15.6. The van der Waals surface area contributed by atoms with Crippen molar-refractivity contribution in [2.75, 3.05) is 5.32 Å². The summed E-state index contributed by atoms with van der Waals surface area (Å²) in [5.41, 5.74) is 2.04. The van der Waals surface area contributed by atoms with E-state index < -0.39 is 5.97 Å². The number of carbonyl (C=O) groups is 2. The SMILES string of the molecule is CC(=O)Nc1ccc(C2=N/C(=C\c3ccc(F)cc3)C(=O)O2)cc1. The van der Waals surface area contributed by atoms with Crippen LogP contribution in [0.4, 0.5) is 10.1 Å². The number of halogens is 1. The first-order valence-corrected chi connectivity index (χ1v) is 7.17. The van der Waals surface area contributed by atoms with E-state index in [4.69, 9.17) is 4.74 Å². The third-order valence-electron chi connectivity index (χ3n) is 3.25. The number of cyclic esters (lactones) is 1. The van der Waals surface area contributed by atoms with Crippen molar-refractivity contribution in [3.8, 4) is 0 Å². The van der Waals surface area contributed by atoms with Gasteiger partial charge in [-0.15, -0.1) is 0 Å². The van der Waals surface area contributed by atoms with Gasteiger partial charge in [0, 0.05) is 18.2 Å². The van der Waals surface area contributed by atoms with Gasteiger partial charge in [-0.25, -0.2) is 14.2 Å². The van der Waals surface area contributed by atoms with Gasteiger partial charge in [0.25, 0.3) is 0 Å². The number of benzene rings is 2. The number of ether oxygens (including phenoxy) is 1. The molecule has 0 atom stereocenters. The molecule has 1 aliphatic rings. The number of rotatable bonds is 3. The smallest absolute Gasteiger partial charge is 0.363 e. The predicted molar refractivity (Wildman–Crippen MR) is 87.8 cm³/mol. The van der Waals surface area contributed by atoms with E-state index in [1.54, 1.807) is 36.4 Å². The van der Waals surface area contributed by atoms with Crippen molar-refractivity contribution in [3.63, 3.8) is 0 Å². The number of nitrogens with one attached hydrogen (secondary N) is 1. The summed E-state index contributed by atoms with van der Waals surface area (Å²) < 4.78 is 18.1. The number of carbonyl (C=O) groups excluding carboxylic acids is 2. The molecule has 120 valence electrons. The Hall–Kier alpha value is -3.28. The lowest BCUT2D eigenvalue weighted by Crippen LogP contribution is -2.07. The first-order chi connectivity index (χ1) is 11.5. The van der Waals surface area contributed by atoms with E-state index in [0.717, 1.165) is 0 Å². The molecule has 0 saturated heterocycles. The van der Waals surface area contributed by atoms with Crippen molar-refractivity contribution in [1.29, 1.82) is 0 Å². The van der Waals surface area contributed by atoms with E-state index in [1.807, 2.05) is 0 Å². The molecule has 5 nitrogen and oxygen atoms in total. The minimum atomic E-state index is -0.569. The highest BCUT2D eigenvalue weighted by Crippen LogP contribution is 2.20. The summed E-state index contributed by atoms with van der Waals surface area (Å²) in [6, 6.07) is 12.5. The summed E-state index contributed by atoms with van der Waals surface area (Å²) in [6.45, 7) is 1.42. The Bertz CT molecular complexity index is 853. The fraction of sp³-hybridized carbons (Fsp3) is 0.0556. The largest absolute Gasteiger partial charge is 0.402 e. The van der Waals surface area contributed by atoms with Crippen LogP contribution in [0.25, 0.3) is 6.08 Å². The Kier molecular flexibility index (Phi) is 4.20. The maximum absolute atomic E-state index is 12.9.